The van der Waals surface area contributed by atoms with E-state index in [1.54, 1.807) is 0 Å². The number of rotatable bonds is 1. The average Bonchev–Trinajstić information content (AvgIpc) is 2.46. The Kier molecular flexibility index (Phi) is 3.06. The molecule has 2 heterocycles. The van der Waals surface area contributed by atoms with Crippen LogP contribution in [-0.4, -0.2) is 30.8 Å². The number of aromatic nitrogens is 1. The van der Waals surface area contributed by atoms with Gasteiger partial charge in [0, 0.05) is 18.5 Å². The van der Waals surface area contributed by atoms with Crippen LogP contribution in [0.1, 0.15) is 12.5 Å². The smallest absolute Gasteiger partial charge is 0.147 e. The minimum atomic E-state index is 0.175. The summed E-state index contributed by atoms with van der Waals surface area (Å²) in [5.74, 6) is 0.774. The molecule has 1 unspecified atom stereocenters. The summed E-state index contributed by atoms with van der Waals surface area (Å²) in [5.41, 5.74) is 1.56. The topological polar surface area (TPSA) is 49.2 Å². The third-order valence-corrected chi connectivity index (χ3v) is 3.36. The summed E-state index contributed by atoms with van der Waals surface area (Å²) in [6.07, 6.45) is 0.175. The molecule has 0 aliphatic carbocycles. The Hall–Kier alpha value is -2.12. The molecule has 1 atom stereocenters. The predicted octanol–water partition coefficient (Wildman–Crippen LogP) is 2.33. The number of anilines is 1. The first-order valence-corrected chi connectivity index (χ1v) is 6.44. The number of hydrogen-bond donors (Lipinski definition) is 0. The van der Waals surface area contributed by atoms with Crippen molar-refractivity contribution in [3.8, 4) is 6.07 Å². The van der Waals surface area contributed by atoms with Crippen molar-refractivity contribution in [1.82, 2.24) is 4.98 Å². The second-order valence-corrected chi connectivity index (χ2v) is 4.79. The third kappa shape index (κ3) is 2.25. The maximum absolute atomic E-state index is 9.33. The molecule has 1 aliphatic heterocycles. The van der Waals surface area contributed by atoms with E-state index in [0.29, 0.717) is 12.2 Å². The third-order valence-electron chi connectivity index (χ3n) is 3.36. The van der Waals surface area contributed by atoms with Crippen LogP contribution in [-0.2, 0) is 4.74 Å². The summed E-state index contributed by atoms with van der Waals surface area (Å²) in [6, 6.07) is 12.1. The highest BCUT2D eigenvalue weighted by molar-refractivity contribution is 5.83. The summed E-state index contributed by atoms with van der Waals surface area (Å²) in [7, 11) is 0. The SMILES string of the molecule is CC1CN(c2nc3ccccc3cc2C#N)CCO1. The number of fused-ring (bicyclic) bond motifs is 1. The van der Waals surface area contributed by atoms with Gasteiger partial charge in [-0.2, -0.15) is 5.26 Å². The maximum atomic E-state index is 9.33. The van der Waals surface area contributed by atoms with Gasteiger partial charge in [0.05, 0.1) is 23.8 Å². The van der Waals surface area contributed by atoms with E-state index in [0.717, 1.165) is 29.8 Å². The Morgan fingerprint density at radius 2 is 2.26 bits per heavy atom. The van der Waals surface area contributed by atoms with Gasteiger partial charge in [0.15, 0.2) is 0 Å². The number of benzene rings is 1. The molecule has 4 nitrogen and oxygen atoms in total. The molecule has 0 N–H and O–H groups in total. The van der Waals surface area contributed by atoms with E-state index in [-0.39, 0.29) is 6.10 Å². The lowest BCUT2D eigenvalue weighted by atomic mass is 10.1. The molecule has 4 heteroatoms. The fourth-order valence-corrected chi connectivity index (χ4v) is 2.44. The van der Waals surface area contributed by atoms with E-state index in [2.05, 4.69) is 16.0 Å². The van der Waals surface area contributed by atoms with Gasteiger partial charge < -0.3 is 9.64 Å². The van der Waals surface area contributed by atoms with Crippen molar-refractivity contribution >= 4 is 16.7 Å². The summed E-state index contributed by atoms with van der Waals surface area (Å²) in [4.78, 5) is 6.79. The second-order valence-electron chi connectivity index (χ2n) is 4.79. The fraction of sp³-hybridized carbons (Fsp3) is 0.333. The van der Waals surface area contributed by atoms with Gasteiger partial charge >= 0.3 is 0 Å². The number of hydrogen-bond acceptors (Lipinski definition) is 4. The molecule has 1 aromatic carbocycles. The molecule has 1 fully saturated rings. The zero-order valence-corrected chi connectivity index (χ0v) is 10.8. The first-order chi connectivity index (χ1) is 9.28. The van der Waals surface area contributed by atoms with Crippen LogP contribution in [0, 0.1) is 11.3 Å². The molecular formula is C15H15N3O. The number of pyridine rings is 1. The van der Waals surface area contributed by atoms with Gasteiger partial charge in [0.25, 0.3) is 0 Å². The van der Waals surface area contributed by atoms with Gasteiger partial charge in [-0.05, 0) is 19.1 Å². The lowest BCUT2D eigenvalue weighted by Crippen LogP contribution is -2.41. The predicted molar refractivity (Wildman–Crippen MR) is 74.1 cm³/mol. The van der Waals surface area contributed by atoms with Crippen LogP contribution < -0.4 is 4.90 Å². The van der Waals surface area contributed by atoms with Crippen molar-refractivity contribution in [3.63, 3.8) is 0 Å². The summed E-state index contributed by atoms with van der Waals surface area (Å²) < 4.78 is 5.54. The molecule has 1 aromatic heterocycles. The molecule has 2 aromatic rings. The van der Waals surface area contributed by atoms with Crippen LogP contribution in [0.4, 0.5) is 5.82 Å². The van der Waals surface area contributed by atoms with Crippen molar-refractivity contribution in [1.29, 1.82) is 5.26 Å². The van der Waals surface area contributed by atoms with Gasteiger partial charge in [-0.3, -0.25) is 0 Å². The van der Waals surface area contributed by atoms with E-state index < -0.39 is 0 Å². The minimum absolute atomic E-state index is 0.175. The van der Waals surface area contributed by atoms with Gasteiger partial charge in [-0.1, -0.05) is 18.2 Å². The molecule has 0 bridgehead atoms. The lowest BCUT2D eigenvalue weighted by molar-refractivity contribution is 0.0529. The van der Waals surface area contributed by atoms with Crippen LogP contribution in [0.3, 0.4) is 0 Å². The molecule has 0 saturated carbocycles. The summed E-state index contributed by atoms with van der Waals surface area (Å²) in [6.45, 7) is 4.28. The van der Waals surface area contributed by atoms with Crippen molar-refractivity contribution < 1.29 is 4.74 Å². The van der Waals surface area contributed by atoms with E-state index >= 15 is 0 Å². The fourth-order valence-electron chi connectivity index (χ4n) is 2.44. The molecule has 0 radical (unpaired) electrons. The van der Waals surface area contributed by atoms with Crippen LogP contribution in [0.5, 0.6) is 0 Å². The van der Waals surface area contributed by atoms with Crippen LogP contribution >= 0.6 is 0 Å². The minimum Gasteiger partial charge on any atom is -0.375 e. The zero-order chi connectivity index (χ0) is 13.2. The maximum Gasteiger partial charge on any atom is 0.147 e. The number of para-hydroxylation sites is 1. The van der Waals surface area contributed by atoms with Gasteiger partial charge in [0.2, 0.25) is 0 Å². The van der Waals surface area contributed by atoms with Gasteiger partial charge in [0.1, 0.15) is 11.9 Å². The van der Waals surface area contributed by atoms with Gasteiger partial charge in [-0.25, -0.2) is 4.98 Å². The number of ether oxygens (including phenoxy) is 1. The van der Waals surface area contributed by atoms with Crippen LogP contribution in [0.25, 0.3) is 10.9 Å². The molecular weight excluding hydrogens is 238 g/mol. The van der Waals surface area contributed by atoms with Crippen molar-refractivity contribution in [2.24, 2.45) is 0 Å². The normalized spacial score (nSPS) is 19.4. The highest BCUT2D eigenvalue weighted by atomic mass is 16.5. The van der Waals surface area contributed by atoms with E-state index in [1.165, 1.54) is 0 Å². The molecule has 0 amide bonds. The molecule has 96 valence electrons. The van der Waals surface area contributed by atoms with E-state index in [9.17, 15) is 5.26 Å². The quantitative estimate of drug-likeness (QED) is 0.782. The molecule has 1 aliphatic rings. The Balaban J connectivity index is 2.08. The Morgan fingerprint density at radius 1 is 1.42 bits per heavy atom. The van der Waals surface area contributed by atoms with E-state index in [1.807, 2.05) is 37.3 Å². The average molecular weight is 253 g/mol. The Bertz CT molecular complexity index is 647. The summed E-state index contributed by atoms with van der Waals surface area (Å²) >= 11 is 0. The second kappa shape index (κ2) is 4.87. The van der Waals surface area contributed by atoms with Crippen molar-refractivity contribution in [2.75, 3.05) is 24.6 Å². The van der Waals surface area contributed by atoms with Crippen molar-refractivity contribution in [2.45, 2.75) is 13.0 Å². The first kappa shape index (κ1) is 11.9. The first-order valence-electron chi connectivity index (χ1n) is 6.44. The highest BCUT2D eigenvalue weighted by Gasteiger charge is 2.21. The Labute approximate surface area is 112 Å². The lowest BCUT2D eigenvalue weighted by Gasteiger charge is -2.32. The molecule has 3 rings (SSSR count). The highest BCUT2D eigenvalue weighted by Crippen LogP contribution is 2.24. The van der Waals surface area contributed by atoms with E-state index in [4.69, 9.17) is 4.74 Å². The molecule has 19 heavy (non-hydrogen) atoms. The molecule has 1 saturated heterocycles. The Morgan fingerprint density at radius 3 is 3.05 bits per heavy atom. The monoisotopic (exact) mass is 253 g/mol. The zero-order valence-electron chi connectivity index (χ0n) is 10.8. The summed E-state index contributed by atoms with van der Waals surface area (Å²) in [5, 5.41) is 10.3. The number of nitriles is 1. The molecule has 0 spiro atoms. The standard InChI is InChI=1S/C15H15N3O/c1-11-10-18(6-7-19-11)15-13(9-16)8-12-4-2-3-5-14(12)17-15/h2-5,8,11H,6-7,10H2,1H3. The number of morpholine rings is 1. The van der Waals surface area contributed by atoms with Crippen LogP contribution in [0.2, 0.25) is 0 Å². The van der Waals surface area contributed by atoms with Gasteiger partial charge in [-0.15, -0.1) is 0 Å². The van der Waals surface area contributed by atoms with Crippen LogP contribution in [0.15, 0.2) is 30.3 Å². The largest absolute Gasteiger partial charge is 0.375 e. The number of nitrogens with zero attached hydrogens (tertiary/aromatic N) is 3. The van der Waals surface area contributed by atoms with Crippen molar-refractivity contribution in [3.05, 3.63) is 35.9 Å².